The number of hydrogen-bond acceptors (Lipinski definition) is 2. The summed E-state index contributed by atoms with van der Waals surface area (Å²) >= 11 is 0. The quantitative estimate of drug-likeness (QED) is 0.597. The summed E-state index contributed by atoms with van der Waals surface area (Å²) in [7, 11) is 0. The number of hydrogen-bond donors (Lipinski definition) is 0. The summed E-state index contributed by atoms with van der Waals surface area (Å²) in [6, 6.07) is 15.4. The molecule has 0 bridgehead atoms. The molecule has 0 spiro atoms. The molecule has 0 saturated heterocycles. The topological polar surface area (TPSA) is 36.7 Å². The number of rotatable bonds is 6. The van der Waals surface area contributed by atoms with Crippen LogP contribution < -0.4 is 0 Å². The summed E-state index contributed by atoms with van der Waals surface area (Å²) in [4.78, 5) is 4.50. The largest absolute Gasteiger partial charge is 0.260 e. The van der Waals surface area contributed by atoms with Crippen molar-refractivity contribution < 1.29 is 0 Å². The van der Waals surface area contributed by atoms with Gasteiger partial charge in [-0.3, -0.25) is 4.98 Å². The highest BCUT2D eigenvalue weighted by Crippen LogP contribution is 2.39. The van der Waals surface area contributed by atoms with Gasteiger partial charge in [-0.2, -0.15) is 5.26 Å². The molecular weight excluding hydrogens is 304 g/mol. The third-order valence-electron chi connectivity index (χ3n) is 5.58. The van der Waals surface area contributed by atoms with Crippen LogP contribution in [-0.4, -0.2) is 4.98 Å². The minimum absolute atomic E-state index is 0.553. The molecule has 2 nitrogen and oxygen atoms in total. The molecule has 25 heavy (non-hydrogen) atoms. The fourth-order valence-electron chi connectivity index (χ4n) is 3.97. The first kappa shape index (κ1) is 17.7. The standard InChI is InChI=1S/C23H28N2/c1-2-3-4-5-18-6-9-20(10-7-18)21-11-13-22(14-12-21)23-15-8-19(16-24)17-25-23/h6-10,15,17,21-22H,2-5,11-14H2,1H3. The van der Waals surface area contributed by atoms with E-state index in [2.05, 4.69) is 42.2 Å². The van der Waals surface area contributed by atoms with Crippen LogP contribution in [0.15, 0.2) is 42.6 Å². The predicted octanol–water partition coefficient (Wildman–Crippen LogP) is 6.13. The maximum absolute atomic E-state index is 8.89. The number of aromatic nitrogens is 1. The van der Waals surface area contributed by atoms with Crippen molar-refractivity contribution in [2.24, 2.45) is 0 Å². The van der Waals surface area contributed by atoms with Crippen molar-refractivity contribution in [3.8, 4) is 6.07 Å². The maximum Gasteiger partial charge on any atom is 0.101 e. The van der Waals surface area contributed by atoms with Crippen LogP contribution in [0.2, 0.25) is 0 Å². The van der Waals surface area contributed by atoms with Crippen molar-refractivity contribution in [3.05, 3.63) is 65.0 Å². The zero-order chi connectivity index (χ0) is 17.5. The van der Waals surface area contributed by atoms with Gasteiger partial charge in [0.1, 0.15) is 6.07 Å². The third-order valence-corrected chi connectivity index (χ3v) is 5.58. The van der Waals surface area contributed by atoms with E-state index in [4.69, 9.17) is 5.26 Å². The Labute approximate surface area is 151 Å². The summed E-state index contributed by atoms with van der Waals surface area (Å²) in [6.07, 6.45) is 11.7. The van der Waals surface area contributed by atoms with Gasteiger partial charge in [0.25, 0.3) is 0 Å². The molecule has 2 heteroatoms. The molecule has 1 aromatic carbocycles. The van der Waals surface area contributed by atoms with E-state index in [9.17, 15) is 0 Å². The molecule has 1 aliphatic rings. The Kier molecular flexibility index (Phi) is 6.23. The van der Waals surface area contributed by atoms with Gasteiger partial charge >= 0.3 is 0 Å². The van der Waals surface area contributed by atoms with E-state index in [1.807, 2.05) is 12.1 Å². The Bertz CT molecular complexity index is 686. The second-order valence-electron chi connectivity index (χ2n) is 7.33. The van der Waals surface area contributed by atoms with Crippen molar-refractivity contribution in [2.75, 3.05) is 0 Å². The Morgan fingerprint density at radius 2 is 1.68 bits per heavy atom. The average molecular weight is 332 g/mol. The van der Waals surface area contributed by atoms with Crippen molar-refractivity contribution in [3.63, 3.8) is 0 Å². The molecule has 0 amide bonds. The summed E-state index contributed by atoms with van der Waals surface area (Å²) in [6.45, 7) is 2.26. The van der Waals surface area contributed by atoms with Gasteiger partial charge in [0.15, 0.2) is 0 Å². The Balaban J connectivity index is 1.53. The highest BCUT2D eigenvalue weighted by atomic mass is 14.7. The zero-order valence-electron chi connectivity index (χ0n) is 15.2. The van der Waals surface area contributed by atoms with Crippen molar-refractivity contribution in [1.29, 1.82) is 5.26 Å². The molecule has 0 aliphatic heterocycles. The van der Waals surface area contributed by atoms with Gasteiger partial charge in [0.2, 0.25) is 0 Å². The van der Waals surface area contributed by atoms with Gasteiger partial charge < -0.3 is 0 Å². The van der Waals surface area contributed by atoms with Crippen molar-refractivity contribution >= 4 is 0 Å². The lowest BCUT2D eigenvalue weighted by Crippen LogP contribution is -2.13. The van der Waals surface area contributed by atoms with Crippen molar-refractivity contribution in [1.82, 2.24) is 4.98 Å². The van der Waals surface area contributed by atoms with Gasteiger partial charge in [0, 0.05) is 17.8 Å². The summed E-state index contributed by atoms with van der Waals surface area (Å²) in [5.74, 6) is 1.25. The van der Waals surface area contributed by atoms with Crippen molar-refractivity contribution in [2.45, 2.75) is 70.1 Å². The van der Waals surface area contributed by atoms with Crippen LogP contribution in [-0.2, 0) is 6.42 Å². The maximum atomic E-state index is 8.89. The van der Waals surface area contributed by atoms with Gasteiger partial charge in [0.05, 0.1) is 5.56 Å². The number of benzene rings is 1. The molecule has 0 radical (unpaired) electrons. The first-order valence-electron chi connectivity index (χ1n) is 9.75. The highest BCUT2D eigenvalue weighted by molar-refractivity contribution is 5.29. The normalized spacial score (nSPS) is 20.2. The minimum Gasteiger partial charge on any atom is -0.260 e. The molecule has 3 rings (SSSR count). The lowest BCUT2D eigenvalue weighted by molar-refractivity contribution is 0.391. The second-order valence-corrected chi connectivity index (χ2v) is 7.33. The summed E-state index contributed by atoms with van der Waals surface area (Å²) < 4.78 is 0. The zero-order valence-corrected chi connectivity index (χ0v) is 15.2. The fourth-order valence-corrected chi connectivity index (χ4v) is 3.97. The third kappa shape index (κ3) is 4.69. The number of pyridine rings is 1. The summed E-state index contributed by atoms with van der Waals surface area (Å²) in [5.41, 5.74) is 4.79. The average Bonchev–Trinajstić information content (AvgIpc) is 2.69. The molecule has 0 unspecified atom stereocenters. The van der Waals surface area contributed by atoms with E-state index >= 15 is 0 Å². The van der Waals surface area contributed by atoms with Gasteiger partial charge in [-0.25, -0.2) is 0 Å². The number of unbranched alkanes of at least 4 members (excludes halogenated alkanes) is 2. The Hall–Kier alpha value is -2.14. The molecule has 1 heterocycles. The molecule has 1 saturated carbocycles. The van der Waals surface area contributed by atoms with E-state index < -0.39 is 0 Å². The lowest BCUT2D eigenvalue weighted by Gasteiger charge is -2.28. The van der Waals surface area contributed by atoms with Gasteiger partial charge in [-0.1, -0.05) is 44.0 Å². The molecule has 1 aromatic heterocycles. The first-order chi connectivity index (χ1) is 12.3. The monoisotopic (exact) mass is 332 g/mol. The smallest absolute Gasteiger partial charge is 0.101 e. The molecule has 1 fully saturated rings. The molecule has 2 aromatic rings. The minimum atomic E-state index is 0.553. The van der Waals surface area contributed by atoms with Crippen LogP contribution in [0.25, 0.3) is 0 Å². The fraction of sp³-hybridized carbons (Fsp3) is 0.478. The van der Waals surface area contributed by atoms with Crippen LogP contribution >= 0.6 is 0 Å². The molecule has 130 valence electrons. The Morgan fingerprint density at radius 3 is 2.28 bits per heavy atom. The van der Waals surface area contributed by atoms with Gasteiger partial charge in [-0.05, 0) is 67.7 Å². The molecule has 0 atom stereocenters. The van der Waals surface area contributed by atoms with Crippen LogP contribution in [0.4, 0.5) is 0 Å². The first-order valence-corrected chi connectivity index (χ1v) is 9.75. The van der Waals surface area contributed by atoms with E-state index in [-0.39, 0.29) is 0 Å². The molecule has 1 aliphatic carbocycles. The number of aryl methyl sites for hydroxylation is 1. The number of nitriles is 1. The van der Waals surface area contributed by atoms with Crippen LogP contribution in [0.3, 0.4) is 0 Å². The number of nitrogens with zero attached hydrogens (tertiary/aromatic N) is 2. The van der Waals surface area contributed by atoms with E-state index in [1.54, 1.807) is 6.20 Å². The van der Waals surface area contributed by atoms with E-state index in [1.165, 1.54) is 62.5 Å². The lowest BCUT2D eigenvalue weighted by atomic mass is 9.77. The van der Waals surface area contributed by atoms with E-state index in [0.717, 1.165) is 5.69 Å². The highest BCUT2D eigenvalue weighted by Gasteiger charge is 2.24. The van der Waals surface area contributed by atoms with Crippen LogP contribution in [0.1, 0.15) is 86.1 Å². The Morgan fingerprint density at radius 1 is 0.960 bits per heavy atom. The van der Waals surface area contributed by atoms with Crippen LogP contribution in [0, 0.1) is 11.3 Å². The van der Waals surface area contributed by atoms with E-state index in [0.29, 0.717) is 17.4 Å². The SMILES string of the molecule is CCCCCc1ccc(C2CCC(c3ccc(C#N)cn3)CC2)cc1. The second kappa shape index (κ2) is 8.81. The molecular formula is C23H28N2. The van der Waals surface area contributed by atoms with Gasteiger partial charge in [-0.15, -0.1) is 0 Å². The molecule has 0 N–H and O–H groups in total. The summed E-state index contributed by atoms with van der Waals surface area (Å²) in [5, 5.41) is 8.89. The van der Waals surface area contributed by atoms with Crippen LogP contribution in [0.5, 0.6) is 0 Å². The predicted molar refractivity (Wildman–Crippen MR) is 103 cm³/mol.